The number of aryl methyl sites for hydroxylation is 1. The lowest BCUT2D eigenvalue weighted by atomic mass is 9.76. The zero-order chi connectivity index (χ0) is 15.7. The summed E-state index contributed by atoms with van der Waals surface area (Å²) in [6, 6.07) is 0. The number of methoxy groups -OCH3 is 1. The molecule has 0 N–H and O–H groups in total. The predicted octanol–water partition coefficient (Wildman–Crippen LogP) is 2.63. The Hall–Kier alpha value is -1.36. The fraction of sp³-hybridized carbons (Fsp3) is 0.765. The van der Waals surface area contributed by atoms with Gasteiger partial charge in [-0.3, -0.25) is 9.48 Å². The fourth-order valence-corrected chi connectivity index (χ4v) is 4.42. The first-order valence-corrected chi connectivity index (χ1v) is 8.46. The molecule has 2 atom stereocenters. The molecule has 0 bridgehead atoms. The zero-order valence-corrected chi connectivity index (χ0v) is 14.0. The molecule has 3 rings (SSSR count). The number of hydrogen-bond donors (Lipinski definition) is 0. The minimum Gasteiger partial charge on any atom is -0.381 e. The molecule has 1 saturated carbocycles. The van der Waals surface area contributed by atoms with Crippen LogP contribution in [0.25, 0.3) is 0 Å². The van der Waals surface area contributed by atoms with Crippen LogP contribution in [0.1, 0.15) is 55.1 Å². The molecule has 1 aliphatic heterocycles. The molecule has 1 spiro atoms. The summed E-state index contributed by atoms with van der Waals surface area (Å²) in [6.45, 7) is 6.52. The third-order valence-electron chi connectivity index (χ3n) is 5.64. The molecule has 1 aromatic rings. The average Bonchev–Trinajstić information content (AvgIpc) is 3.10. The monoisotopic (exact) mass is 305 g/mol. The van der Waals surface area contributed by atoms with Crippen LogP contribution < -0.4 is 0 Å². The summed E-state index contributed by atoms with van der Waals surface area (Å²) in [6.07, 6.45) is 7.82. The van der Waals surface area contributed by atoms with Crippen molar-refractivity contribution in [2.75, 3.05) is 20.2 Å². The number of piperidine rings is 1. The Kier molecular flexibility index (Phi) is 4.26. The molecule has 1 aromatic heterocycles. The molecular weight excluding hydrogens is 278 g/mol. The predicted molar refractivity (Wildman–Crippen MR) is 84.9 cm³/mol. The smallest absolute Gasteiger partial charge is 0.257 e. The average molecular weight is 305 g/mol. The van der Waals surface area contributed by atoms with E-state index in [1.807, 2.05) is 30.5 Å². The standard InChI is InChI=1S/C17H27N3O2/c1-4-20-13(2)14(11-18-20)16(21)19-10-6-9-17(12-19)8-5-7-15(17)22-3/h11,15H,4-10,12H2,1-3H3/t15-,17+/m1/s1. The van der Waals surface area contributed by atoms with Crippen LogP contribution in [0, 0.1) is 12.3 Å². The van der Waals surface area contributed by atoms with Gasteiger partial charge in [0.25, 0.3) is 5.91 Å². The normalized spacial score (nSPS) is 28.5. The highest BCUT2D eigenvalue weighted by atomic mass is 16.5. The van der Waals surface area contributed by atoms with Gasteiger partial charge in [-0.1, -0.05) is 6.42 Å². The van der Waals surface area contributed by atoms with Gasteiger partial charge in [-0.25, -0.2) is 0 Å². The van der Waals surface area contributed by atoms with Crippen molar-refractivity contribution >= 4 is 5.91 Å². The Bertz CT molecular complexity index is 554. The lowest BCUT2D eigenvalue weighted by Crippen LogP contribution is -2.49. The van der Waals surface area contributed by atoms with E-state index >= 15 is 0 Å². The minimum atomic E-state index is 0.137. The summed E-state index contributed by atoms with van der Waals surface area (Å²) >= 11 is 0. The Morgan fingerprint density at radius 1 is 1.45 bits per heavy atom. The molecule has 1 amide bonds. The van der Waals surface area contributed by atoms with Crippen molar-refractivity contribution in [2.45, 2.75) is 58.6 Å². The quantitative estimate of drug-likeness (QED) is 0.862. The highest BCUT2D eigenvalue weighted by molar-refractivity contribution is 5.95. The Morgan fingerprint density at radius 2 is 2.23 bits per heavy atom. The number of likely N-dealkylation sites (tertiary alicyclic amines) is 1. The van der Waals surface area contributed by atoms with Gasteiger partial charge >= 0.3 is 0 Å². The number of carbonyl (C=O) groups is 1. The maximum Gasteiger partial charge on any atom is 0.257 e. The second-order valence-electron chi connectivity index (χ2n) is 6.77. The molecule has 2 fully saturated rings. The van der Waals surface area contributed by atoms with Gasteiger partial charge in [-0.15, -0.1) is 0 Å². The van der Waals surface area contributed by atoms with E-state index in [0.29, 0.717) is 6.10 Å². The number of ether oxygens (including phenoxy) is 1. The lowest BCUT2D eigenvalue weighted by molar-refractivity contribution is -0.0295. The Morgan fingerprint density at radius 3 is 2.91 bits per heavy atom. The van der Waals surface area contributed by atoms with Crippen LogP contribution in [0.3, 0.4) is 0 Å². The molecule has 1 aliphatic carbocycles. The number of hydrogen-bond acceptors (Lipinski definition) is 3. The highest BCUT2D eigenvalue weighted by Gasteiger charge is 2.46. The minimum absolute atomic E-state index is 0.137. The molecular formula is C17H27N3O2. The molecule has 2 aliphatic rings. The van der Waals surface area contributed by atoms with Crippen molar-refractivity contribution in [2.24, 2.45) is 5.41 Å². The van der Waals surface area contributed by atoms with Gasteiger partial charge < -0.3 is 9.64 Å². The summed E-state index contributed by atoms with van der Waals surface area (Å²) in [5.41, 5.74) is 1.91. The van der Waals surface area contributed by atoms with Crippen LogP contribution in [0.2, 0.25) is 0 Å². The maximum atomic E-state index is 12.9. The van der Waals surface area contributed by atoms with Gasteiger partial charge in [0, 0.05) is 37.9 Å². The van der Waals surface area contributed by atoms with Gasteiger partial charge in [-0.05, 0) is 39.5 Å². The number of rotatable bonds is 3. The van der Waals surface area contributed by atoms with Gasteiger partial charge in [0.2, 0.25) is 0 Å². The summed E-state index contributed by atoms with van der Waals surface area (Å²) < 4.78 is 7.62. The molecule has 0 aromatic carbocycles. The van der Waals surface area contributed by atoms with Crippen molar-refractivity contribution in [1.29, 1.82) is 0 Å². The van der Waals surface area contributed by atoms with Gasteiger partial charge in [0.15, 0.2) is 0 Å². The van der Waals surface area contributed by atoms with E-state index in [-0.39, 0.29) is 11.3 Å². The number of amides is 1. The molecule has 0 unspecified atom stereocenters. The Labute approximate surface area is 132 Å². The first-order valence-electron chi connectivity index (χ1n) is 8.46. The number of aromatic nitrogens is 2. The van der Waals surface area contributed by atoms with Crippen molar-refractivity contribution in [3.63, 3.8) is 0 Å². The van der Waals surface area contributed by atoms with Crippen molar-refractivity contribution in [1.82, 2.24) is 14.7 Å². The van der Waals surface area contributed by atoms with Crippen molar-refractivity contribution in [3.8, 4) is 0 Å². The van der Waals surface area contributed by atoms with E-state index in [0.717, 1.165) is 43.7 Å². The highest BCUT2D eigenvalue weighted by Crippen LogP contribution is 2.46. The topological polar surface area (TPSA) is 47.4 Å². The first kappa shape index (κ1) is 15.5. The lowest BCUT2D eigenvalue weighted by Gasteiger charge is -2.43. The number of carbonyl (C=O) groups excluding carboxylic acids is 1. The summed E-state index contributed by atoms with van der Waals surface area (Å²) in [5, 5.41) is 4.31. The summed E-state index contributed by atoms with van der Waals surface area (Å²) in [4.78, 5) is 14.9. The van der Waals surface area contributed by atoms with E-state index in [9.17, 15) is 4.79 Å². The van der Waals surface area contributed by atoms with Crippen LogP contribution in [-0.4, -0.2) is 46.9 Å². The van der Waals surface area contributed by atoms with Gasteiger partial charge in [0.1, 0.15) is 0 Å². The van der Waals surface area contributed by atoms with Crippen LogP contribution in [0.5, 0.6) is 0 Å². The van der Waals surface area contributed by atoms with E-state index in [2.05, 4.69) is 5.10 Å². The van der Waals surface area contributed by atoms with E-state index < -0.39 is 0 Å². The largest absolute Gasteiger partial charge is 0.381 e. The molecule has 5 nitrogen and oxygen atoms in total. The van der Waals surface area contributed by atoms with Gasteiger partial charge in [0.05, 0.1) is 17.9 Å². The van der Waals surface area contributed by atoms with Gasteiger partial charge in [-0.2, -0.15) is 5.10 Å². The third kappa shape index (κ3) is 2.45. The van der Waals surface area contributed by atoms with E-state index in [4.69, 9.17) is 4.74 Å². The van der Waals surface area contributed by atoms with Crippen LogP contribution in [-0.2, 0) is 11.3 Å². The summed E-state index contributed by atoms with van der Waals surface area (Å²) in [7, 11) is 1.81. The molecule has 2 heterocycles. The van der Waals surface area contributed by atoms with Crippen molar-refractivity contribution in [3.05, 3.63) is 17.5 Å². The summed E-state index contributed by atoms with van der Waals surface area (Å²) in [5.74, 6) is 0.137. The number of nitrogens with zero attached hydrogens (tertiary/aromatic N) is 3. The van der Waals surface area contributed by atoms with E-state index in [1.54, 1.807) is 6.20 Å². The maximum absolute atomic E-state index is 12.9. The fourth-order valence-electron chi connectivity index (χ4n) is 4.42. The second kappa shape index (κ2) is 6.03. The molecule has 22 heavy (non-hydrogen) atoms. The van der Waals surface area contributed by atoms with Crippen LogP contribution in [0.15, 0.2) is 6.20 Å². The first-order chi connectivity index (χ1) is 10.6. The van der Waals surface area contributed by atoms with Crippen molar-refractivity contribution < 1.29 is 9.53 Å². The molecule has 1 saturated heterocycles. The molecule has 0 radical (unpaired) electrons. The Balaban J connectivity index is 1.79. The van der Waals surface area contributed by atoms with E-state index in [1.165, 1.54) is 19.3 Å². The second-order valence-corrected chi connectivity index (χ2v) is 6.77. The van der Waals surface area contributed by atoms with Crippen LogP contribution >= 0.6 is 0 Å². The molecule has 122 valence electrons. The van der Waals surface area contributed by atoms with Crippen LogP contribution in [0.4, 0.5) is 0 Å². The zero-order valence-electron chi connectivity index (χ0n) is 14.0. The molecule has 5 heteroatoms. The third-order valence-corrected chi connectivity index (χ3v) is 5.64. The SMILES string of the molecule is CCn1ncc(C(=O)N2CCC[C@@]3(CCC[C@H]3OC)C2)c1C.